The molecule has 3 nitrogen and oxygen atoms in total. The average molecular weight is 277 g/mol. The molecule has 20 heavy (non-hydrogen) atoms. The van der Waals surface area contributed by atoms with E-state index in [2.05, 4.69) is 22.5 Å². The normalized spacial score (nSPS) is 10.3. The Kier molecular flexibility index (Phi) is 4.87. The Balaban J connectivity index is 2.01. The second-order valence-corrected chi connectivity index (χ2v) is 4.45. The van der Waals surface area contributed by atoms with E-state index < -0.39 is 11.6 Å². The summed E-state index contributed by atoms with van der Waals surface area (Å²) in [5.41, 5.74) is 1.10. The SMILES string of the molecule is CCCNc1cc(NCc2cc(F)ccc2F)ccn1. The number of anilines is 2. The summed E-state index contributed by atoms with van der Waals surface area (Å²) in [7, 11) is 0. The van der Waals surface area contributed by atoms with Gasteiger partial charge in [-0.15, -0.1) is 0 Å². The monoisotopic (exact) mass is 277 g/mol. The van der Waals surface area contributed by atoms with Crippen LogP contribution in [-0.4, -0.2) is 11.5 Å². The van der Waals surface area contributed by atoms with Gasteiger partial charge in [0.15, 0.2) is 0 Å². The van der Waals surface area contributed by atoms with Gasteiger partial charge in [-0.25, -0.2) is 13.8 Å². The first-order chi connectivity index (χ1) is 9.69. The Hall–Kier alpha value is -2.17. The van der Waals surface area contributed by atoms with Crippen LogP contribution < -0.4 is 10.6 Å². The minimum atomic E-state index is -0.441. The minimum Gasteiger partial charge on any atom is -0.381 e. The number of nitrogens with one attached hydrogen (secondary N) is 2. The third kappa shape index (κ3) is 3.91. The van der Waals surface area contributed by atoms with Crippen LogP contribution in [0.4, 0.5) is 20.3 Å². The molecule has 2 aromatic rings. The smallest absolute Gasteiger partial charge is 0.128 e. The predicted octanol–water partition coefficient (Wildman–Crippen LogP) is 3.79. The number of benzene rings is 1. The summed E-state index contributed by atoms with van der Waals surface area (Å²) < 4.78 is 26.5. The van der Waals surface area contributed by atoms with Crippen LogP contribution >= 0.6 is 0 Å². The number of hydrogen-bond donors (Lipinski definition) is 2. The van der Waals surface area contributed by atoms with Crippen molar-refractivity contribution in [1.82, 2.24) is 4.98 Å². The molecule has 2 N–H and O–H groups in total. The van der Waals surface area contributed by atoms with Crippen LogP contribution in [0.25, 0.3) is 0 Å². The van der Waals surface area contributed by atoms with Crippen molar-refractivity contribution >= 4 is 11.5 Å². The maximum Gasteiger partial charge on any atom is 0.128 e. The molecule has 1 aromatic carbocycles. The average Bonchev–Trinajstić information content (AvgIpc) is 2.46. The van der Waals surface area contributed by atoms with E-state index in [1.807, 2.05) is 6.07 Å². The Morgan fingerprint density at radius 3 is 2.75 bits per heavy atom. The van der Waals surface area contributed by atoms with Gasteiger partial charge in [0, 0.05) is 36.6 Å². The van der Waals surface area contributed by atoms with Gasteiger partial charge in [-0.2, -0.15) is 0 Å². The fourth-order valence-corrected chi connectivity index (χ4v) is 1.77. The van der Waals surface area contributed by atoms with E-state index in [1.165, 1.54) is 6.07 Å². The molecule has 0 atom stereocenters. The molecule has 0 saturated heterocycles. The van der Waals surface area contributed by atoms with Crippen molar-refractivity contribution in [3.05, 3.63) is 53.7 Å². The molecule has 0 radical (unpaired) electrons. The van der Waals surface area contributed by atoms with Gasteiger partial charge in [0.2, 0.25) is 0 Å². The van der Waals surface area contributed by atoms with Gasteiger partial charge in [-0.05, 0) is 30.7 Å². The van der Waals surface area contributed by atoms with Gasteiger partial charge in [-0.1, -0.05) is 6.92 Å². The molecular formula is C15H17F2N3. The lowest BCUT2D eigenvalue weighted by Crippen LogP contribution is -2.05. The van der Waals surface area contributed by atoms with Crippen molar-refractivity contribution in [2.24, 2.45) is 0 Å². The van der Waals surface area contributed by atoms with Crippen molar-refractivity contribution < 1.29 is 8.78 Å². The molecule has 0 fully saturated rings. The molecule has 106 valence electrons. The molecule has 0 bridgehead atoms. The molecule has 0 spiro atoms. The second kappa shape index (κ2) is 6.84. The third-order valence-corrected chi connectivity index (χ3v) is 2.81. The quantitative estimate of drug-likeness (QED) is 0.843. The van der Waals surface area contributed by atoms with Crippen LogP contribution in [0.5, 0.6) is 0 Å². The lowest BCUT2D eigenvalue weighted by atomic mass is 10.2. The third-order valence-electron chi connectivity index (χ3n) is 2.81. The van der Waals surface area contributed by atoms with Crippen LogP contribution in [0.2, 0.25) is 0 Å². The van der Waals surface area contributed by atoms with Crippen molar-refractivity contribution in [3.63, 3.8) is 0 Å². The summed E-state index contributed by atoms with van der Waals surface area (Å²) in [6.07, 6.45) is 2.68. The summed E-state index contributed by atoms with van der Waals surface area (Å²) >= 11 is 0. The van der Waals surface area contributed by atoms with Gasteiger partial charge >= 0.3 is 0 Å². The first kappa shape index (κ1) is 14.2. The number of pyridine rings is 1. The minimum absolute atomic E-state index is 0.223. The first-order valence-corrected chi connectivity index (χ1v) is 6.56. The van der Waals surface area contributed by atoms with E-state index in [-0.39, 0.29) is 6.54 Å². The zero-order chi connectivity index (χ0) is 14.4. The Labute approximate surface area is 117 Å². The van der Waals surface area contributed by atoms with E-state index in [0.29, 0.717) is 5.56 Å². The second-order valence-electron chi connectivity index (χ2n) is 4.45. The van der Waals surface area contributed by atoms with Crippen molar-refractivity contribution in [2.45, 2.75) is 19.9 Å². The molecule has 2 rings (SSSR count). The molecule has 0 saturated carbocycles. The highest BCUT2D eigenvalue weighted by molar-refractivity contribution is 5.52. The summed E-state index contributed by atoms with van der Waals surface area (Å²) in [4.78, 5) is 4.18. The molecule has 0 aliphatic heterocycles. The van der Waals surface area contributed by atoms with Crippen molar-refractivity contribution in [2.75, 3.05) is 17.2 Å². The standard InChI is InChI=1S/C15H17F2N3/c1-2-6-18-15-9-13(5-7-19-15)20-10-11-8-12(16)3-4-14(11)17/h3-5,7-9H,2,6,10H2,1H3,(H2,18,19,20). The number of rotatable bonds is 6. The van der Waals surface area contributed by atoms with Gasteiger partial charge in [0.25, 0.3) is 0 Å². The number of aromatic nitrogens is 1. The largest absolute Gasteiger partial charge is 0.381 e. The van der Waals surface area contributed by atoms with Crippen LogP contribution in [0.1, 0.15) is 18.9 Å². The lowest BCUT2D eigenvalue weighted by molar-refractivity contribution is 0.587. The Morgan fingerprint density at radius 2 is 1.95 bits per heavy atom. The lowest BCUT2D eigenvalue weighted by Gasteiger charge is -2.09. The maximum absolute atomic E-state index is 13.5. The topological polar surface area (TPSA) is 37.0 Å². The number of halogens is 2. The van der Waals surface area contributed by atoms with Crippen LogP contribution in [0.3, 0.4) is 0 Å². The van der Waals surface area contributed by atoms with Crippen molar-refractivity contribution in [1.29, 1.82) is 0 Å². The summed E-state index contributed by atoms with van der Waals surface area (Å²) in [6.45, 7) is 3.14. The molecule has 0 unspecified atom stereocenters. The number of nitrogens with zero attached hydrogens (tertiary/aromatic N) is 1. The van der Waals surface area contributed by atoms with Crippen LogP contribution in [0, 0.1) is 11.6 Å². The van der Waals surface area contributed by atoms with Crippen LogP contribution in [0.15, 0.2) is 36.5 Å². The molecule has 0 aliphatic carbocycles. The Morgan fingerprint density at radius 1 is 1.10 bits per heavy atom. The highest BCUT2D eigenvalue weighted by atomic mass is 19.1. The van der Waals surface area contributed by atoms with Gasteiger partial charge < -0.3 is 10.6 Å². The number of hydrogen-bond acceptors (Lipinski definition) is 3. The van der Waals surface area contributed by atoms with Gasteiger partial charge in [-0.3, -0.25) is 0 Å². The highest BCUT2D eigenvalue weighted by Gasteiger charge is 2.04. The van der Waals surface area contributed by atoms with E-state index in [9.17, 15) is 8.78 Å². The van der Waals surface area contributed by atoms with E-state index in [4.69, 9.17) is 0 Å². The van der Waals surface area contributed by atoms with E-state index in [0.717, 1.165) is 36.6 Å². The molecule has 0 aliphatic rings. The molecular weight excluding hydrogens is 260 g/mol. The first-order valence-electron chi connectivity index (χ1n) is 6.56. The summed E-state index contributed by atoms with van der Waals surface area (Å²) in [6, 6.07) is 7.06. The summed E-state index contributed by atoms with van der Waals surface area (Å²) in [5, 5.41) is 6.23. The van der Waals surface area contributed by atoms with E-state index >= 15 is 0 Å². The zero-order valence-electron chi connectivity index (χ0n) is 11.3. The summed E-state index contributed by atoms with van der Waals surface area (Å²) in [5.74, 6) is -0.0999. The maximum atomic E-state index is 13.5. The van der Waals surface area contributed by atoms with Gasteiger partial charge in [0.05, 0.1) is 0 Å². The highest BCUT2D eigenvalue weighted by Crippen LogP contribution is 2.15. The Bertz CT molecular complexity index is 573. The molecule has 1 aromatic heterocycles. The molecule has 0 amide bonds. The molecule has 1 heterocycles. The zero-order valence-corrected chi connectivity index (χ0v) is 11.3. The predicted molar refractivity (Wildman–Crippen MR) is 76.7 cm³/mol. The van der Waals surface area contributed by atoms with Gasteiger partial charge in [0.1, 0.15) is 17.5 Å². The fourth-order valence-electron chi connectivity index (χ4n) is 1.77. The van der Waals surface area contributed by atoms with Crippen molar-refractivity contribution in [3.8, 4) is 0 Å². The fraction of sp³-hybridized carbons (Fsp3) is 0.267. The molecule has 5 heteroatoms. The van der Waals surface area contributed by atoms with Crippen LogP contribution in [-0.2, 0) is 6.54 Å². The van der Waals surface area contributed by atoms with E-state index in [1.54, 1.807) is 12.3 Å².